The van der Waals surface area contributed by atoms with Crippen LogP contribution in [0.3, 0.4) is 0 Å². The number of rotatable bonds is 10. The monoisotopic (exact) mass is 526 g/mol. The molecular weight excluding hydrogens is 493 g/mol. The molecule has 0 aliphatic carbocycles. The maximum atomic E-state index is 12.5. The zero-order chi connectivity index (χ0) is 20.2. The second-order valence-electron chi connectivity index (χ2n) is 6.74. The van der Waals surface area contributed by atoms with E-state index in [-0.39, 0.29) is 36.6 Å². The minimum absolute atomic E-state index is 0. The summed E-state index contributed by atoms with van der Waals surface area (Å²) in [6.07, 6.45) is -0.595. The average molecular weight is 526 g/mol. The number of alkyl halides is 2. The van der Waals surface area contributed by atoms with Gasteiger partial charge in [0.1, 0.15) is 5.75 Å². The van der Waals surface area contributed by atoms with Crippen LogP contribution in [0, 0.1) is 0 Å². The van der Waals surface area contributed by atoms with Gasteiger partial charge in [0.05, 0.1) is 33.4 Å². The Hall–Kier alpha value is -1.20. The molecule has 6 nitrogen and oxygen atoms in total. The molecule has 9 heteroatoms. The molecule has 0 aromatic heterocycles. The Kier molecular flexibility index (Phi) is 13.1. The number of hydrogen-bond donors (Lipinski definition) is 2. The molecule has 0 bridgehead atoms. The SMILES string of the molecule is CCNC(=NCCOCc1ccccc1OC)NC1CCN(CC(F)F)CC1.I. The molecule has 0 amide bonds. The minimum atomic E-state index is -2.26. The lowest BCUT2D eigenvalue weighted by molar-refractivity contribution is 0.0744. The number of guanidine groups is 1. The molecule has 0 saturated carbocycles. The van der Waals surface area contributed by atoms with Gasteiger partial charge in [0, 0.05) is 31.2 Å². The topological polar surface area (TPSA) is 58.1 Å². The molecule has 0 spiro atoms. The Labute approximate surface area is 189 Å². The van der Waals surface area contributed by atoms with Gasteiger partial charge >= 0.3 is 0 Å². The van der Waals surface area contributed by atoms with Gasteiger partial charge in [0.15, 0.2) is 5.96 Å². The van der Waals surface area contributed by atoms with Crippen molar-refractivity contribution in [2.75, 3.05) is 46.4 Å². The summed E-state index contributed by atoms with van der Waals surface area (Å²) in [7, 11) is 1.65. The van der Waals surface area contributed by atoms with Gasteiger partial charge in [-0.2, -0.15) is 0 Å². The first-order valence-corrected chi connectivity index (χ1v) is 9.87. The molecular formula is C20H33F2IN4O2. The first-order chi connectivity index (χ1) is 13.6. The molecule has 2 rings (SSSR count). The van der Waals surface area contributed by atoms with Gasteiger partial charge in [-0.3, -0.25) is 9.89 Å². The fourth-order valence-corrected chi connectivity index (χ4v) is 3.19. The van der Waals surface area contributed by atoms with Crippen molar-refractivity contribution in [2.24, 2.45) is 4.99 Å². The second kappa shape index (κ2) is 14.7. The van der Waals surface area contributed by atoms with Crippen LogP contribution >= 0.6 is 24.0 Å². The van der Waals surface area contributed by atoms with Crippen LogP contribution in [0.25, 0.3) is 0 Å². The van der Waals surface area contributed by atoms with E-state index >= 15 is 0 Å². The van der Waals surface area contributed by atoms with Crippen molar-refractivity contribution in [1.29, 1.82) is 0 Å². The number of halogens is 3. The molecule has 29 heavy (non-hydrogen) atoms. The fourth-order valence-electron chi connectivity index (χ4n) is 3.19. The number of nitrogens with one attached hydrogen (secondary N) is 2. The summed E-state index contributed by atoms with van der Waals surface area (Å²) in [4.78, 5) is 6.37. The molecule has 2 N–H and O–H groups in total. The van der Waals surface area contributed by atoms with E-state index in [2.05, 4.69) is 15.6 Å². The lowest BCUT2D eigenvalue weighted by Crippen LogP contribution is -2.49. The maximum Gasteiger partial charge on any atom is 0.251 e. The Morgan fingerprint density at radius 2 is 2.00 bits per heavy atom. The van der Waals surface area contributed by atoms with Crippen LogP contribution in [-0.2, 0) is 11.3 Å². The van der Waals surface area contributed by atoms with E-state index in [9.17, 15) is 8.78 Å². The number of nitrogens with zero attached hydrogens (tertiary/aromatic N) is 2. The molecule has 1 heterocycles. The van der Waals surface area contributed by atoms with Crippen LogP contribution in [-0.4, -0.2) is 69.8 Å². The third-order valence-electron chi connectivity index (χ3n) is 4.62. The van der Waals surface area contributed by atoms with Crippen LogP contribution in [0.1, 0.15) is 25.3 Å². The van der Waals surface area contributed by atoms with Gasteiger partial charge in [-0.15, -0.1) is 24.0 Å². The Morgan fingerprint density at radius 1 is 1.28 bits per heavy atom. The van der Waals surface area contributed by atoms with Crippen molar-refractivity contribution in [3.05, 3.63) is 29.8 Å². The largest absolute Gasteiger partial charge is 0.496 e. The number of ether oxygens (including phenoxy) is 2. The summed E-state index contributed by atoms with van der Waals surface area (Å²) in [5.74, 6) is 1.56. The van der Waals surface area contributed by atoms with E-state index in [1.165, 1.54) is 0 Å². The predicted octanol–water partition coefficient (Wildman–Crippen LogP) is 3.11. The van der Waals surface area contributed by atoms with Crippen LogP contribution in [0.5, 0.6) is 5.75 Å². The third kappa shape index (κ3) is 9.90. The van der Waals surface area contributed by atoms with Crippen molar-refractivity contribution >= 4 is 29.9 Å². The summed E-state index contributed by atoms with van der Waals surface area (Å²) in [6, 6.07) is 8.03. The van der Waals surface area contributed by atoms with Crippen molar-refractivity contribution in [3.8, 4) is 5.75 Å². The van der Waals surface area contributed by atoms with Crippen molar-refractivity contribution in [3.63, 3.8) is 0 Å². The Morgan fingerprint density at radius 3 is 2.66 bits per heavy atom. The fraction of sp³-hybridized carbons (Fsp3) is 0.650. The first-order valence-electron chi connectivity index (χ1n) is 9.87. The van der Waals surface area contributed by atoms with Crippen LogP contribution < -0.4 is 15.4 Å². The molecule has 0 unspecified atom stereocenters. The summed E-state index contributed by atoms with van der Waals surface area (Å²) >= 11 is 0. The van der Waals surface area contributed by atoms with Crippen LogP contribution in [0.2, 0.25) is 0 Å². The van der Waals surface area contributed by atoms with Crippen molar-refractivity contribution in [2.45, 2.75) is 38.8 Å². The quantitative estimate of drug-likeness (QED) is 0.213. The van der Waals surface area contributed by atoms with Crippen molar-refractivity contribution in [1.82, 2.24) is 15.5 Å². The highest BCUT2D eigenvalue weighted by atomic mass is 127. The molecule has 1 fully saturated rings. The van der Waals surface area contributed by atoms with Gasteiger partial charge in [-0.1, -0.05) is 18.2 Å². The van der Waals surface area contributed by atoms with E-state index < -0.39 is 6.43 Å². The van der Waals surface area contributed by atoms with E-state index in [0.717, 1.165) is 36.7 Å². The summed E-state index contributed by atoms with van der Waals surface area (Å²) in [5, 5.41) is 6.64. The van der Waals surface area contributed by atoms with Gasteiger partial charge in [-0.05, 0) is 25.8 Å². The number of piperidine rings is 1. The standard InChI is InChI=1S/C20H32F2N4O2.HI/c1-3-23-20(25-17-8-11-26(12-9-17)14-19(21)22)24-10-13-28-15-16-6-4-5-7-18(16)27-2;/h4-7,17,19H,3,8-15H2,1-2H3,(H2,23,24,25);1H. The lowest BCUT2D eigenvalue weighted by atomic mass is 10.1. The van der Waals surface area contributed by atoms with Gasteiger partial charge in [0.25, 0.3) is 6.43 Å². The zero-order valence-corrected chi connectivity index (χ0v) is 19.5. The van der Waals surface area contributed by atoms with Crippen LogP contribution in [0.4, 0.5) is 8.78 Å². The van der Waals surface area contributed by atoms with E-state index in [4.69, 9.17) is 9.47 Å². The van der Waals surface area contributed by atoms with Gasteiger partial charge < -0.3 is 20.1 Å². The van der Waals surface area contributed by atoms with E-state index in [0.29, 0.717) is 32.8 Å². The molecule has 1 saturated heterocycles. The van der Waals surface area contributed by atoms with Gasteiger partial charge in [0.2, 0.25) is 0 Å². The smallest absolute Gasteiger partial charge is 0.251 e. The highest BCUT2D eigenvalue weighted by Crippen LogP contribution is 2.17. The Balaban J connectivity index is 0.00000420. The first kappa shape index (κ1) is 25.8. The predicted molar refractivity (Wildman–Crippen MR) is 123 cm³/mol. The summed E-state index contributed by atoms with van der Waals surface area (Å²) in [6.45, 7) is 5.53. The Bertz CT molecular complexity index is 600. The molecule has 1 aliphatic rings. The van der Waals surface area contributed by atoms with Gasteiger partial charge in [-0.25, -0.2) is 8.78 Å². The summed E-state index contributed by atoms with van der Waals surface area (Å²) in [5.41, 5.74) is 1.01. The minimum Gasteiger partial charge on any atom is -0.496 e. The number of para-hydroxylation sites is 1. The molecule has 0 atom stereocenters. The number of methoxy groups -OCH3 is 1. The number of hydrogen-bond acceptors (Lipinski definition) is 4. The number of benzene rings is 1. The number of aliphatic imine (C=N–C) groups is 1. The summed E-state index contributed by atoms with van der Waals surface area (Å²) < 4.78 is 36.0. The molecule has 0 radical (unpaired) electrons. The van der Waals surface area contributed by atoms with E-state index in [1.54, 1.807) is 7.11 Å². The third-order valence-corrected chi connectivity index (χ3v) is 4.62. The maximum absolute atomic E-state index is 12.5. The zero-order valence-electron chi connectivity index (χ0n) is 17.2. The highest BCUT2D eigenvalue weighted by Gasteiger charge is 2.21. The highest BCUT2D eigenvalue weighted by molar-refractivity contribution is 14.0. The normalized spacial score (nSPS) is 15.8. The molecule has 1 aliphatic heterocycles. The lowest BCUT2D eigenvalue weighted by Gasteiger charge is -2.32. The van der Waals surface area contributed by atoms with Crippen molar-refractivity contribution < 1.29 is 18.3 Å². The molecule has 166 valence electrons. The average Bonchev–Trinajstić information content (AvgIpc) is 2.69. The second-order valence-corrected chi connectivity index (χ2v) is 6.74. The number of likely N-dealkylation sites (tertiary alicyclic amines) is 1. The van der Waals surface area contributed by atoms with Crippen LogP contribution in [0.15, 0.2) is 29.3 Å². The van der Waals surface area contributed by atoms with E-state index in [1.807, 2.05) is 36.1 Å². The molecule has 1 aromatic carbocycles. The molecule has 1 aromatic rings.